The van der Waals surface area contributed by atoms with Gasteiger partial charge in [0.2, 0.25) is 11.9 Å². The van der Waals surface area contributed by atoms with Gasteiger partial charge < -0.3 is 10.4 Å². The molecule has 0 unspecified atom stereocenters. The molecular formula is C20H21ClFN5O2. The fourth-order valence-corrected chi connectivity index (χ4v) is 2.72. The second-order valence-electron chi connectivity index (χ2n) is 7.20. The molecule has 3 rings (SSSR count). The minimum absolute atomic E-state index is 0.0404. The molecule has 0 spiro atoms. The highest BCUT2D eigenvalue weighted by atomic mass is 35.5. The largest absolute Gasteiger partial charge is 0.389 e. The summed E-state index contributed by atoms with van der Waals surface area (Å²) in [4.78, 5) is 16.7. The number of nitrogens with one attached hydrogen (secondary N) is 3. The maximum absolute atomic E-state index is 13.6. The summed E-state index contributed by atoms with van der Waals surface area (Å²) >= 11 is 5.87. The first-order valence-electron chi connectivity index (χ1n) is 8.92. The van der Waals surface area contributed by atoms with Crippen LogP contribution in [0.2, 0.25) is 5.02 Å². The third-order valence-electron chi connectivity index (χ3n) is 3.93. The molecule has 0 fully saturated rings. The monoisotopic (exact) mass is 417 g/mol. The van der Waals surface area contributed by atoms with Gasteiger partial charge in [-0.05, 0) is 25.5 Å². The highest BCUT2D eigenvalue weighted by molar-refractivity contribution is 6.31. The van der Waals surface area contributed by atoms with E-state index >= 15 is 0 Å². The molecule has 9 heteroatoms. The van der Waals surface area contributed by atoms with Crippen LogP contribution in [0.1, 0.15) is 19.4 Å². The number of benzene rings is 2. The van der Waals surface area contributed by atoms with Gasteiger partial charge >= 0.3 is 0 Å². The van der Waals surface area contributed by atoms with Crippen molar-refractivity contribution in [2.45, 2.75) is 25.9 Å². The topological polar surface area (TPSA) is 102 Å². The van der Waals surface area contributed by atoms with Gasteiger partial charge in [-0.1, -0.05) is 41.9 Å². The lowest BCUT2D eigenvalue weighted by Crippen LogP contribution is -2.38. The molecule has 0 aliphatic carbocycles. The van der Waals surface area contributed by atoms with Crippen LogP contribution in [0.5, 0.6) is 0 Å². The zero-order valence-electron chi connectivity index (χ0n) is 16.0. The summed E-state index contributed by atoms with van der Waals surface area (Å²) in [6.07, 6.45) is 0.155. The summed E-state index contributed by atoms with van der Waals surface area (Å²) in [5.41, 5.74) is 0.211. The van der Waals surface area contributed by atoms with E-state index in [2.05, 4.69) is 25.8 Å². The third-order valence-corrected chi connectivity index (χ3v) is 4.22. The van der Waals surface area contributed by atoms with Crippen molar-refractivity contribution in [3.05, 3.63) is 58.9 Å². The third kappa shape index (κ3) is 5.75. The highest BCUT2D eigenvalue weighted by Gasteiger charge is 2.16. The standard InChI is InChI=1S/C20H21ClFN5O2/c1-20(2,29)11-23-19(24-17(28)8-12-6-4-3-5-7-12)25-18-13-9-14(21)15(22)10-16(13)26-27-18/h3-7,9-10,29H,8,11H2,1-2H3,(H3,23,24,25,26,27,28). The van der Waals surface area contributed by atoms with Crippen molar-refractivity contribution in [3.8, 4) is 0 Å². The molecule has 0 saturated heterocycles. The number of hydrogen-bond acceptors (Lipinski definition) is 4. The van der Waals surface area contributed by atoms with Crippen LogP contribution in [0.15, 0.2) is 47.5 Å². The first-order chi connectivity index (χ1) is 13.7. The van der Waals surface area contributed by atoms with Crippen molar-refractivity contribution in [2.24, 2.45) is 4.99 Å². The number of guanidine groups is 1. The van der Waals surface area contributed by atoms with Gasteiger partial charge in [-0.2, -0.15) is 5.10 Å². The smallest absolute Gasteiger partial charge is 0.231 e. The Morgan fingerprint density at radius 2 is 2.03 bits per heavy atom. The molecule has 1 aromatic heterocycles. The minimum atomic E-state index is -1.07. The Morgan fingerprint density at radius 1 is 1.31 bits per heavy atom. The van der Waals surface area contributed by atoms with Crippen LogP contribution in [0, 0.1) is 5.82 Å². The highest BCUT2D eigenvalue weighted by Crippen LogP contribution is 2.26. The molecule has 0 radical (unpaired) electrons. The molecule has 2 aromatic carbocycles. The van der Waals surface area contributed by atoms with Crippen LogP contribution in [0.3, 0.4) is 0 Å². The Labute approximate surface area is 172 Å². The Morgan fingerprint density at radius 3 is 2.72 bits per heavy atom. The average Bonchev–Trinajstić information content (AvgIpc) is 3.02. The number of rotatable bonds is 5. The van der Waals surface area contributed by atoms with Crippen LogP contribution in [0.4, 0.5) is 10.2 Å². The van der Waals surface area contributed by atoms with Gasteiger partial charge in [0.1, 0.15) is 5.82 Å². The van der Waals surface area contributed by atoms with Gasteiger partial charge in [0.05, 0.1) is 29.1 Å². The number of halogens is 2. The first-order valence-corrected chi connectivity index (χ1v) is 9.30. The number of aromatic nitrogens is 2. The number of aliphatic imine (C=N–C) groups is 1. The van der Waals surface area contributed by atoms with E-state index in [0.29, 0.717) is 16.7 Å². The van der Waals surface area contributed by atoms with E-state index in [9.17, 15) is 14.3 Å². The molecule has 0 atom stereocenters. The van der Waals surface area contributed by atoms with E-state index in [0.717, 1.165) is 5.56 Å². The summed E-state index contributed by atoms with van der Waals surface area (Å²) in [5, 5.41) is 22.9. The average molecular weight is 418 g/mol. The van der Waals surface area contributed by atoms with Crippen LogP contribution >= 0.6 is 11.6 Å². The van der Waals surface area contributed by atoms with E-state index in [1.54, 1.807) is 13.8 Å². The maximum Gasteiger partial charge on any atom is 0.231 e. The number of anilines is 1. The Hall–Kier alpha value is -2.97. The Bertz CT molecular complexity index is 1040. The predicted molar refractivity (Wildman–Crippen MR) is 112 cm³/mol. The molecule has 152 valence electrons. The summed E-state index contributed by atoms with van der Waals surface area (Å²) in [6, 6.07) is 11.9. The summed E-state index contributed by atoms with van der Waals surface area (Å²) < 4.78 is 13.6. The van der Waals surface area contributed by atoms with Crippen LogP contribution in [-0.4, -0.2) is 39.3 Å². The molecule has 0 aliphatic rings. The molecule has 29 heavy (non-hydrogen) atoms. The van der Waals surface area contributed by atoms with Crippen molar-refractivity contribution in [1.82, 2.24) is 15.5 Å². The minimum Gasteiger partial charge on any atom is -0.389 e. The quantitative estimate of drug-likeness (QED) is 0.378. The molecule has 1 heterocycles. The van der Waals surface area contributed by atoms with Crippen LogP contribution in [0.25, 0.3) is 10.9 Å². The van der Waals surface area contributed by atoms with Gasteiger partial charge in [0, 0.05) is 11.5 Å². The van der Waals surface area contributed by atoms with E-state index < -0.39 is 11.4 Å². The van der Waals surface area contributed by atoms with Crippen LogP contribution < -0.4 is 10.6 Å². The van der Waals surface area contributed by atoms with Gasteiger partial charge in [-0.15, -0.1) is 0 Å². The van der Waals surface area contributed by atoms with Crippen molar-refractivity contribution in [2.75, 3.05) is 11.9 Å². The van der Waals surface area contributed by atoms with Gasteiger partial charge in [0.15, 0.2) is 5.82 Å². The molecule has 0 aliphatic heterocycles. The fraction of sp³-hybridized carbons (Fsp3) is 0.250. The lowest BCUT2D eigenvalue weighted by molar-refractivity contribution is -0.119. The molecule has 4 N–H and O–H groups in total. The van der Waals surface area contributed by atoms with Crippen LogP contribution in [-0.2, 0) is 11.2 Å². The molecule has 0 bridgehead atoms. The van der Waals surface area contributed by atoms with E-state index in [1.165, 1.54) is 12.1 Å². The summed E-state index contributed by atoms with van der Waals surface area (Å²) in [5.74, 6) is -0.429. The number of aliphatic hydroxyl groups is 1. The molecule has 1 amide bonds. The van der Waals surface area contributed by atoms with E-state index in [4.69, 9.17) is 11.6 Å². The number of carbonyl (C=O) groups is 1. The van der Waals surface area contributed by atoms with E-state index in [-0.39, 0.29) is 29.9 Å². The number of H-pyrrole nitrogens is 1. The van der Waals surface area contributed by atoms with E-state index in [1.807, 2.05) is 30.3 Å². The van der Waals surface area contributed by atoms with Crippen molar-refractivity contribution in [3.63, 3.8) is 0 Å². The molecule has 0 saturated carbocycles. The van der Waals surface area contributed by atoms with Gasteiger partial charge in [-0.25, -0.2) is 9.38 Å². The fourth-order valence-electron chi connectivity index (χ4n) is 2.56. The summed E-state index contributed by atoms with van der Waals surface area (Å²) in [6.45, 7) is 3.25. The zero-order valence-corrected chi connectivity index (χ0v) is 16.7. The molecular weight excluding hydrogens is 397 g/mol. The predicted octanol–water partition coefficient (Wildman–Crippen LogP) is 3.25. The normalized spacial score (nSPS) is 12.2. The number of aromatic amines is 1. The number of hydrogen-bond donors (Lipinski definition) is 4. The van der Waals surface area contributed by atoms with Crippen molar-refractivity contribution < 1.29 is 14.3 Å². The Kier molecular flexibility index (Phi) is 6.14. The SMILES string of the molecule is CC(C)(O)CN=C(NC(=O)Cc1ccccc1)Nc1n[nH]c2cc(F)c(Cl)cc12. The molecule has 3 aromatic rings. The lowest BCUT2D eigenvalue weighted by atomic mass is 10.1. The first kappa shape index (κ1) is 20.8. The second-order valence-corrected chi connectivity index (χ2v) is 7.60. The number of carbonyl (C=O) groups excluding carboxylic acids is 1. The number of fused-ring (bicyclic) bond motifs is 1. The van der Waals surface area contributed by atoms with Gasteiger partial charge in [0.25, 0.3) is 0 Å². The maximum atomic E-state index is 13.6. The second kappa shape index (κ2) is 8.59. The van der Waals surface area contributed by atoms with Crippen molar-refractivity contribution >= 4 is 40.2 Å². The lowest BCUT2D eigenvalue weighted by Gasteiger charge is -2.16. The van der Waals surface area contributed by atoms with Gasteiger partial charge in [-0.3, -0.25) is 15.2 Å². The zero-order chi connectivity index (χ0) is 21.0. The van der Waals surface area contributed by atoms with Crippen molar-refractivity contribution in [1.29, 1.82) is 0 Å². The number of nitrogens with zero attached hydrogens (tertiary/aromatic N) is 2. The molecule has 7 nitrogen and oxygen atoms in total. The number of amides is 1. The Balaban J connectivity index is 1.82. The summed E-state index contributed by atoms with van der Waals surface area (Å²) in [7, 11) is 0.